The van der Waals surface area contributed by atoms with Crippen molar-refractivity contribution < 1.29 is 4.74 Å². The highest BCUT2D eigenvalue weighted by atomic mass is 79.9. The lowest BCUT2D eigenvalue weighted by Crippen LogP contribution is -2.13. The summed E-state index contributed by atoms with van der Waals surface area (Å²) in [5, 5.41) is 3.42. The van der Waals surface area contributed by atoms with E-state index in [-0.39, 0.29) is 6.10 Å². The van der Waals surface area contributed by atoms with Gasteiger partial charge in [0.1, 0.15) is 5.75 Å². The predicted octanol–water partition coefficient (Wildman–Crippen LogP) is 4.68. The maximum Gasteiger partial charge on any atom is 0.148 e. The maximum atomic E-state index is 5.78. The lowest BCUT2D eigenvalue weighted by atomic mass is 10.2. The monoisotopic (exact) mass is 412 g/mol. The molecule has 2 aromatic rings. The van der Waals surface area contributed by atoms with Crippen molar-refractivity contribution in [1.82, 2.24) is 10.3 Å². The highest BCUT2D eigenvalue weighted by Crippen LogP contribution is 2.35. The zero-order valence-corrected chi connectivity index (χ0v) is 15.2. The molecule has 0 aliphatic carbocycles. The second kappa shape index (κ2) is 7.92. The summed E-state index contributed by atoms with van der Waals surface area (Å²) in [5.41, 5.74) is 2.42. The molecule has 0 unspecified atom stereocenters. The van der Waals surface area contributed by atoms with Gasteiger partial charge in [-0.2, -0.15) is 0 Å². The zero-order chi connectivity index (χ0) is 15.2. The van der Waals surface area contributed by atoms with Gasteiger partial charge in [0.15, 0.2) is 0 Å². The van der Waals surface area contributed by atoms with Gasteiger partial charge in [0.05, 0.1) is 15.0 Å². The average molecular weight is 414 g/mol. The second-order valence-electron chi connectivity index (χ2n) is 5.01. The third-order valence-electron chi connectivity index (χ3n) is 2.82. The van der Waals surface area contributed by atoms with Gasteiger partial charge in [0, 0.05) is 25.5 Å². The molecule has 1 N–H and O–H groups in total. The summed E-state index contributed by atoms with van der Waals surface area (Å²) in [6, 6.07) is 8.20. The Morgan fingerprint density at radius 2 is 1.62 bits per heavy atom. The molecule has 3 nitrogen and oxygen atoms in total. The minimum atomic E-state index is 0.147. The smallest absolute Gasteiger partial charge is 0.148 e. The summed E-state index contributed by atoms with van der Waals surface area (Å²) in [4.78, 5) is 4.01. The second-order valence-corrected chi connectivity index (χ2v) is 6.72. The number of rotatable bonds is 6. The van der Waals surface area contributed by atoms with Gasteiger partial charge >= 0.3 is 0 Å². The number of nitrogens with zero attached hydrogens (tertiary/aromatic N) is 1. The predicted molar refractivity (Wildman–Crippen MR) is 92.4 cm³/mol. The summed E-state index contributed by atoms with van der Waals surface area (Å²) >= 11 is 7.14. The molecule has 0 bridgehead atoms. The Labute approximate surface area is 142 Å². The molecule has 0 atom stereocenters. The van der Waals surface area contributed by atoms with E-state index in [2.05, 4.69) is 54.3 Å². The van der Waals surface area contributed by atoms with Crippen LogP contribution >= 0.6 is 31.9 Å². The van der Waals surface area contributed by atoms with Crippen LogP contribution in [0.4, 0.5) is 0 Å². The number of nitrogens with one attached hydrogen (secondary N) is 1. The van der Waals surface area contributed by atoms with E-state index in [1.165, 1.54) is 11.1 Å². The average Bonchev–Trinajstić information content (AvgIpc) is 2.44. The van der Waals surface area contributed by atoms with Gasteiger partial charge < -0.3 is 10.1 Å². The van der Waals surface area contributed by atoms with Gasteiger partial charge in [-0.3, -0.25) is 4.98 Å². The van der Waals surface area contributed by atoms with E-state index in [4.69, 9.17) is 4.74 Å². The van der Waals surface area contributed by atoms with Crippen molar-refractivity contribution >= 4 is 31.9 Å². The molecule has 0 spiro atoms. The van der Waals surface area contributed by atoms with Crippen LogP contribution in [-0.4, -0.2) is 11.1 Å². The van der Waals surface area contributed by atoms with E-state index in [1.54, 1.807) is 0 Å². The number of halogens is 2. The molecule has 1 aromatic heterocycles. The van der Waals surface area contributed by atoms with Crippen LogP contribution in [0.2, 0.25) is 0 Å². The van der Waals surface area contributed by atoms with E-state index in [0.717, 1.165) is 27.8 Å². The summed E-state index contributed by atoms with van der Waals surface area (Å²) in [6.45, 7) is 5.65. The molecule has 0 radical (unpaired) electrons. The molecule has 112 valence electrons. The van der Waals surface area contributed by atoms with Crippen molar-refractivity contribution in [1.29, 1.82) is 0 Å². The fraction of sp³-hybridized carbons (Fsp3) is 0.312. The minimum Gasteiger partial charge on any atom is -0.489 e. The standard InChI is InChI=1S/C16H18Br2N2O/c1-11(2)21-16-14(17)7-13(8-15(16)18)10-20-9-12-3-5-19-6-4-12/h3-8,11,20H,9-10H2,1-2H3. The Morgan fingerprint density at radius 3 is 2.19 bits per heavy atom. The molecule has 0 aliphatic heterocycles. The number of benzene rings is 1. The molecule has 2 rings (SSSR count). The van der Waals surface area contributed by atoms with Crippen LogP contribution in [0.15, 0.2) is 45.6 Å². The summed E-state index contributed by atoms with van der Waals surface area (Å²) in [5.74, 6) is 0.850. The Kier molecular flexibility index (Phi) is 6.21. The van der Waals surface area contributed by atoms with Gasteiger partial charge in [-0.15, -0.1) is 0 Å². The molecule has 21 heavy (non-hydrogen) atoms. The lowest BCUT2D eigenvalue weighted by molar-refractivity contribution is 0.239. The third kappa shape index (κ3) is 5.09. The number of hydrogen-bond acceptors (Lipinski definition) is 3. The number of hydrogen-bond donors (Lipinski definition) is 1. The van der Waals surface area contributed by atoms with Crippen molar-refractivity contribution in [3.05, 3.63) is 56.7 Å². The molecular formula is C16H18Br2N2O. The molecule has 1 aromatic carbocycles. The molecule has 1 heterocycles. The first-order valence-corrected chi connectivity index (χ1v) is 8.39. The highest BCUT2D eigenvalue weighted by Gasteiger charge is 2.10. The first kappa shape index (κ1) is 16.5. The molecule has 0 amide bonds. The number of pyridine rings is 1. The fourth-order valence-electron chi connectivity index (χ4n) is 1.91. The van der Waals surface area contributed by atoms with Gasteiger partial charge in [-0.05, 0) is 81.1 Å². The quantitative estimate of drug-likeness (QED) is 0.746. The fourth-order valence-corrected chi connectivity index (χ4v) is 3.38. The van der Waals surface area contributed by atoms with Crippen molar-refractivity contribution in [2.24, 2.45) is 0 Å². The van der Waals surface area contributed by atoms with Crippen molar-refractivity contribution in [2.75, 3.05) is 0 Å². The first-order chi connectivity index (χ1) is 10.1. The van der Waals surface area contributed by atoms with E-state index < -0.39 is 0 Å². The summed E-state index contributed by atoms with van der Waals surface area (Å²) in [6.07, 6.45) is 3.76. The van der Waals surface area contributed by atoms with E-state index in [9.17, 15) is 0 Å². The minimum absolute atomic E-state index is 0.147. The molecule has 0 aliphatic rings. The van der Waals surface area contributed by atoms with E-state index in [1.807, 2.05) is 38.4 Å². The normalized spacial score (nSPS) is 10.9. The van der Waals surface area contributed by atoms with Crippen LogP contribution in [-0.2, 0) is 13.1 Å². The first-order valence-electron chi connectivity index (χ1n) is 6.80. The Balaban J connectivity index is 1.98. The van der Waals surface area contributed by atoms with Crippen LogP contribution in [0.3, 0.4) is 0 Å². The van der Waals surface area contributed by atoms with Crippen molar-refractivity contribution in [3.8, 4) is 5.75 Å². The molecule has 5 heteroatoms. The van der Waals surface area contributed by atoms with Gasteiger partial charge in [-0.1, -0.05) is 0 Å². The Morgan fingerprint density at radius 1 is 1.05 bits per heavy atom. The summed E-state index contributed by atoms with van der Waals surface area (Å²) < 4.78 is 7.71. The highest BCUT2D eigenvalue weighted by molar-refractivity contribution is 9.11. The molecule has 0 saturated heterocycles. The number of aromatic nitrogens is 1. The Hall–Kier alpha value is -0.910. The third-order valence-corrected chi connectivity index (χ3v) is 4.00. The largest absolute Gasteiger partial charge is 0.489 e. The van der Waals surface area contributed by atoms with Crippen LogP contribution in [0.25, 0.3) is 0 Å². The van der Waals surface area contributed by atoms with Crippen LogP contribution in [0.5, 0.6) is 5.75 Å². The lowest BCUT2D eigenvalue weighted by Gasteiger charge is -2.15. The SMILES string of the molecule is CC(C)Oc1c(Br)cc(CNCc2ccncc2)cc1Br. The maximum absolute atomic E-state index is 5.78. The van der Waals surface area contributed by atoms with Gasteiger partial charge in [0.25, 0.3) is 0 Å². The zero-order valence-electron chi connectivity index (χ0n) is 12.1. The molecular weight excluding hydrogens is 396 g/mol. The molecule has 0 saturated carbocycles. The van der Waals surface area contributed by atoms with Crippen molar-refractivity contribution in [2.45, 2.75) is 33.0 Å². The van der Waals surface area contributed by atoms with E-state index >= 15 is 0 Å². The topological polar surface area (TPSA) is 34.1 Å². The van der Waals surface area contributed by atoms with E-state index in [0.29, 0.717) is 0 Å². The number of ether oxygens (including phenoxy) is 1. The van der Waals surface area contributed by atoms with Crippen LogP contribution < -0.4 is 10.1 Å². The van der Waals surface area contributed by atoms with Crippen LogP contribution in [0.1, 0.15) is 25.0 Å². The van der Waals surface area contributed by atoms with Crippen LogP contribution in [0, 0.1) is 0 Å². The van der Waals surface area contributed by atoms with Gasteiger partial charge in [0.2, 0.25) is 0 Å². The molecule has 0 fully saturated rings. The Bertz CT molecular complexity index is 565. The van der Waals surface area contributed by atoms with Crippen molar-refractivity contribution in [3.63, 3.8) is 0 Å². The van der Waals surface area contributed by atoms with Gasteiger partial charge in [-0.25, -0.2) is 0 Å². The summed E-state index contributed by atoms with van der Waals surface area (Å²) in [7, 11) is 0.